The number of hydrazine groups is 1. The van der Waals surface area contributed by atoms with E-state index in [9.17, 15) is 23.1 Å². The molecule has 0 bridgehead atoms. The SMILES string of the molecule is O=C(NNC(=O)C1CCCN1S(=O)(=O)c1cccs1)c1cc(Cl)ccc1O. The number of sulfonamides is 1. The molecule has 11 heteroatoms. The van der Waals surface area contributed by atoms with Gasteiger partial charge in [0.2, 0.25) is 0 Å². The van der Waals surface area contributed by atoms with Gasteiger partial charge < -0.3 is 5.11 Å². The van der Waals surface area contributed by atoms with Crippen molar-refractivity contribution in [3.05, 3.63) is 46.3 Å². The summed E-state index contributed by atoms with van der Waals surface area (Å²) >= 11 is 6.87. The van der Waals surface area contributed by atoms with Crippen LogP contribution in [0.25, 0.3) is 0 Å². The molecule has 1 atom stereocenters. The lowest BCUT2D eigenvalue weighted by Crippen LogP contribution is -2.51. The van der Waals surface area contributed by atoms with E-state index < -0.39 is 27.9 Å². The third-order valence-electron chi connectivity index (χ3n) is 4.07. The number of halogens is 1. The van der Waals surface area contributed by atoms with Crippen LogP contribution in [0.3, 0.4) is 0 Å². The van der Waals surface area contributed by atoms with Gasteiger partial charge >= 0.3 is 0 Å². The fourth-order valence-corrected chi connectivity index (χ4v) is 5.72. The van der Waals surface area contributed by atoms with Crippen LogP contribution >= 0.6 is 22.9 Å². The molecule has 1 aliphatic heterocycles. The molecule has 3 rings (SSSR count). The molecule has 1 aliphatic rings. The highest BCUT2D eigenvalue weighted by atomic mass is 35.5. The van der Waals surface area contributed by atoms with Crippen LogP contribution in [0.5, 0.6) is 5.75 Å². The van der Waals surface area contributed by atoms with Gasteiger partial charge in [-0.15, -0.1) is 11.3 Å². The number of nitrogens with zero attached hydrogens (tertiary/aromatic N) is 1. The smallest absolute Gasteiger partial charge is 0.273 e. The number of phenolic OH excluding ortho intramolecular Hbond substituents is 1. The van der Waals surface area contributed by atoms with E-state index in [2.05, 4.69) is 10.9 Å². The third kappa shape index (κ3) is 4.08. The van der Waals surface area contributed by atoms with Crippen molar-refractivity contribution in [1.29, 1.82) is 0 Å². The van der Waals surface area contributed by atoms with E-state index >= 15 is 0 Å². The van der Waals surface area contributed by atoms with Crippen molar-refractivity contribution in [3.8, 4) is 5.75 Å². The topological polar surface area (TPSA) is 116 Å². The highest BCUT2D eigenvalue weighted by molar-refractivity contribution is 7.91. The van der Waals surface area contributed by atoms with Crippen LogP contribution in [0, 0.1) is 0 Å². The number of phenols is 1. The molecular formula is C16H16ClN3O5S2. The van der Waals surface area contributed by atoms with Crippen LogP contribution in [-0.2, 0) is 14.8 Å². The highest BCUT2D eigenvalue weighted by Gasteiger charge is 2.40. The molecule has 0 saturated carbocycles. The van der Waals surface area contributed by atoms with E-state index in [0.29, 0.717) is 12.8 Å². The lowest BCUT2D eigenvalue weighted by molar-refractivity contribution is -0.125. The van der Waals surface area contributed by atoms with Gasteiger partial charge in [-0.25, -0.2) is 8.42 Å². The van der Waals surface area contributed by atoms with E-state index in [0.717, 1.165) is 15.6 Å². The van der Waals surface area contributed by atoms with Crippen molar-refractivity contribution in [2.24, 2.45) is 0 Å². The molecule has 27 heavy (non-hydrogen) atoms. The van der Waals surface area contributed by atoms with Crippen molar-refractivity contribution in [2.75, 3.05) is 6.54 Å². The first-order chi connectivity index (χ1) is 12.8. The van der Waals surface area contributed by atoms with E-state index in [1.165, 1.54) is 24.3 Å². The molecule has 2 aromatic rings. The molecule has 144 valence electrons. The zero-order chi connectivity index (χ0) is 19.6. The Hall–Kier alpha value is -2.14. The number of thiophene rings is 1. The Bertz CT molecular complexity index is 962. The average molecular weight is 430 g/mol. The van der Waals surface area contributed by atoms with Crippen molar-refractivity contribution < 1.29 is 23.1 Å². The summed E-state index contributed by atoms with van der Waals surface area (Å²) in [5.41, 5.74) is 4.28. The molecule has 1 aromatic heterocycles. The summed E-state index contributed by atoms with van der Waals surface area (Å²) in [6.45, 7) is 0.224. The normalized spacial score (nSPS) is 17.6. The molecule has 8 nitrogen and oxygen atoms in total. The molecule has 2 heterocycles. The van der Waals surface area contributed by atoms with Gasteiger partial charge in [0.25, 0.3) is 21.8 Å². The molecule has 1 unspecified atom stereocenters. The Morgan fingerprint density at radius 1 is 1.26 bits per heavy atom. The van der Waals surface area contributed by atoms with Crippen LogP contribution < -0.4 is 10.9 Å². The Balaban J connectivity index is 1.68. The Morgan fingerprint density at radius 3 is 2.74 bits per heavy atom. The van der Waals surface area contributed by atoms with Gasteiger partial charge in [0, 0.05) is 11.6 Å². The molecule has 3 N–H and O–H groups in total. The standard InChI is InChI=1S/C16H16ClN3O5S2/c17-10-5-6-13(21)11(9-10)15(22)18-19-16(23)12-3-1-7-20(12)27(24,25)14-4-2-8-26-14/h2,4-6,8-9,12,21H,1,3,7H2,(H,18,22)(H,19,23). The Labute approximate surface area is 164 Å². The Kier molecular flexibility index (Phi) is 5.70. The highest BCUT2D eigenvalue weighted by Crippen LogP contribution is 2.28. The lowest BCUT2D eigenvalue weighted by Gasteiger charge is -2.22. The number of amides is 2. The first-order valence-corrected chi connectivity index (χ1v) is 10.6. The third-order valence-corrected chi connectivity index (χ3v) is 7.58. The van der Waals surface area contributed by atoms with Crippen molar-refractivity contribution >= 4 is 44.8 Å². The molecule has 0 aliphatic carbocycles. The number of nitrogens with one attached hydrogen (secondary N) is 2. The summed E-state index contributed by atoms with van der Waals surface area (Å²) in [6, 6.07) is 6.10. The first kappa shape index (κ1) is 19.6. The maximum absolute atomic E-state index is 12.7. The van der Waals surface area contributed by atoms with Crippen LogP contribution in [0.15, 0.2) is 39.9 Å². The maximum atomic E-state index is 12.7. The molecule has 0 spiro atoms. The monoisotopic (exact) mass is 429 g/mol. The predicted octanol–water partition coefficient (Wildman–Crippen LogP) is 1.72. The molecule has 1 aromatic carbocycles. The van der Waals surface area contributed by atoms with Crippen molar-refractivity contribution in [1.82, 2.24) is 15.2 Å². The van der Waals surface area contributed by atoms with E-state index in [4.69, 9.17) is 11.6 Å². The zero-order valence-electron chi connectivity index (χ0n) is 13.9. The van der Waals surface area contributed by atoms with Crippen LogP contribution in [0.2, 0.25) is 5.02 Å². The van der Waals surface area contributed by atoms with Crippen LogP contribution in [0.4, 0.5) is 0 Å². The molecular weight excluding hydrogens is 414 g/mol. The summed E-state index contributed by atoms with van der Waals surface area (Å²) in [4.78, 5) is 24.6. The van der Waals surface area contributed by atoms with Gasteiger partial charge in [-0.2, -0.15) is 4.31 Å². The fourth-order valence-electron chi connectivity index (χ4n) is 2.77. The summed E-state index contributed by atoms with van der Waals surface area (Å²) in [5.74, 6) is -1.72. The first-order valence-electron chi connectivity index (χ1n) is 7.95. The average Bonchev–Trinajstić information content (AvgIpc) is 3.33. The molecule has 0 radical (unpaired) electrons. The largest absolute Gasteiger partial charge is 0.507 e. The second kappa shape index (κ2) is 7.85. The van der Waals surface area contributed by atoms with Crippen molar-refractivity contribution in [3.63, 3.8) is 0 Å². The van der Waals surface area contributed by atoms with Crippen LogP contribution in [-0.4, -0.2) is 42.2 Å². The minimum Gasteiger partial charge on any atom is -0.507 e. The van der Waals surface area contributed by atoms with Gasteiger partial charge in [-0.05, 0) is 42.5 Å². The zero-order valence-corrected chi connectivity index (χ0v) is 16.3. The minimum atomic E-state index is -3.77. The Morgan fingerprint density at radius 2 is 2.04 bits per heavy atom. The summed E-state index contributed by atoms with van der Waals surface area (Å²) in [5, 5.41) is 11.6. The van der Waals surface area contributed by atoms with Gasteiger partial charge in [0.1, 0.15) is 16.0 Å². The molecule has 1 fully saturated rings. The fraction of sp³-hybridized carbons (Fsp3) is 0.250. The van der Waals surface area contributed by atoms with E-state index in [1.807, 2.05) is 0 Å². The number of hydrogen-bond acceptors (Lipinski definition) is 6. The number of rotatable bonds is 4. The van der Waals surface area contributed by atoms with Gasteiger partial charge in [0.15, 0.2) is 0 Å². The number of carbonyl (C=O) groups excluding carboxylic acids is 2. The van der Waals surface area contributed by atoms with Gasteiger partial charge in [-0.3, -0.25) is 20.4 Å². The minimum absolute atomic E-state index is 0.114. The van der Waals surface area contributed by atoms with Crippen LogP contribution in [0.1, 0.15) is 23.2 Å². The summed E-state index contributed by atoms with van der Waals surface area (Å²) in [6.07, 6.45) is 0.875. The number of benzene rings is 1. The quantitative estimate of drug-likeness (QED) is 0.640. The lowest BCUT2D eigenvalue weighted by atomic mass is 10.2. The predicted molar refractivity (Wildman–Crippen MR) is 100.0 cm³/mol. The maximum Gasteiger partial charge on any atom is 0.273 e. The second-order valence-electron chi connectivity index (χ2n) is 5.81. The second-order valence-corrected chi connectivity index (χ2v) is 9.31. The van der Waals surface area contributed by atoms with Crippen molar-refractivity contribution in [2.45, 2.75) is 23.1 Å². The summed E-state index contributed by atoms with van der Waals surface area (Å²) in [7, 11) is -3.77. The number of carbonyl (C=O) groups is 2. The van der Waals surface area contributed by atoms with Gasteiger partial charge in [-0.1, -0.05) is 17.7 Å². The van der Waals surface area contributed by atoms with Gasteiger partial charge in [0.05, 0.1) is 5.56 Å². The summed E-state index contributed by atoms with van der Waals surface area (Å²) < 4.78 is 26.6. The molecule has 2 amide bonds. The van der Waals surface area contributed by atoms with E-state index in [1.54, 1.807) is 11.4 Å². The number of hydrogen-bond donors (Lipinski definition) is 3. The van der Waals surface area contributed by atoms with E-state index in [-0.39, 0.29) is 27.1 Å². The number of aromatic hydroxyl groups is 1. The molecule has 1 saturated heterocycles.